The van der Waals surface area contributed by atoms with Crippen LogP contribution in [0.3, 0.4) is 0 Å². The molecule has 110 heavy (non-hydrogen) atoms. The van der Waals surface area contributed by atoms with Crippen molar-refractivity contribution in [2.75, 3.05) is 39.6 Å². The van der Waals surface area contributed by atoms with Gasteiger partial charge in [-0.15, -0.1) is 0 Å². The minimum Gasteiger partial charge on any atom is -0.462 e. The maximum Gasteiger partial charge on any atom is 0.472 e. The normalized spacial score (nSPS) is 13.9. The Morgan fingerprint density at radius 1 is 0.255 bits per heavy atom. The van der Waals surface area contributed by atoms with E-state index in [-0.39, 0.29) is 25.7 Å². The summed E-state index contributed by atoms with van der Waals surface area (Å²) >= 11 is 0. The molecule has 654 valence electrons. The smallest absolute Gasteiger partial charge is 0.462 e. The zero-order chi connectivity index (χ0) is 80.4. The fraction of sp³-hybridized carbons (Fsp3) is 0.956. The van der Waals surface area contributed by atoms with Gasteiger partial charge in [0.25, 0.3) is 0 Å². The highest BCUT2D eigenvalue weighted by atomic mass is 31.2. The van der Waals surface area contributed by atoms with Crippen LogP contribution in [0, 0.1) is 5.92 Å². The summed E-state index contributed by atoms with van der Waals surface area (Å²) in [6, 6.07) is 0. The summed E-state index contributed by atoms with van der Waals surface area (Å²) in [5.74, 6) is -1.22. The van der Waals surface area contributed by atoms with Gasteiger partial charge < -0.3 is 33.8 Å². The molecule has 0 saturated heterocycles. The Balaban J connectivity index is 5.22. The van der Waals surface area contributed by atoms with E-state index in [2.05, 4.69) is 34.6 Å². The highest BCUT2D eigenvalue weighted by molar-refractivity contribution is 7.47. The lowest BCUT2D eigenvalue weighted by Gasteiger charge is -2.21. The van der Waals surface area contributed by atoms with Gasteiger partial charge in [-0.25, -0.2) is 9.13 Å². The van der Waals surface area contributed by atoms with E-state index in [0.717, 1.165) is 95.8 Å². The van der Waals surface area contributed by atoms with E-state index in [4.69, 9.17) is 37.0 Å². The summed E-state index contributed by atoms with van der Waals surface area (Å²) in [6.07, 6.45) is 79.2. The molecule has 6 atom stereocenters. The summed E-state index contributed by atoms with van der Waals surface area (Å²) in [6.45, 7) is 7.46. The Morgan fingerprint density at radius 2 is 0.436 bits per heavy atom. The molecular formula is C91H178O17P2. The Kier molecular flexibility index (Phi) is 82.1. The van der Waals surface area contributed by atoms with E-state index in [9.17, 15) is 43.2 Å². The lowest BCUT2D eigenvalue weighted by molar-refractivity contribution is -0.161. The summed E-state index contributed by atoms with van der Waals surface area (Å²) in [4.78, 5) is 73.4. The molecule has 3 unspecified atom stereocenters. The number of phosphoric acid groups is 2. The Bertz CT molecular complexity index is 2080. The number of aliphatic hydroxyl groups is 1. The van der Waals surface area contributed by atoms with Crippen LogP contribution >= 0.6 is 15.6 Å². The van der Waals surface area contributed by atoms with Gasteiger partial charge in [-0.1, -0.05) is 446 Å². The van der Waals surface area contributed by atoms with Crippen molar-refractivity contribution in [2.45, 2.75) is 515 Å². The number of aliphatic hydroxyl groups excluding tert-OH is 1. The van der Waals surface area contributed by atoms with Crippen molar-refractivity contribution in [3.8, 4) is 0 Å². The van der Waals surface area contributed by atoms with Crippen molar-refractivity contribution in [1.29, 1.82) is 0 Å². The lowest BCUT2D eigenvalue weighted by atomic mass is 9.99. The van der Waals surface area contributed by atoms with Crippen LogP contribution in [0.5, 0.6) is 0 Å². The maximum atomic E-state index is 13.2. The van der Waals surface area contributed by atoms with E-state index < -0.39 is 97.5 Å². The summed E-state index contributed by atoms with van der Waals surface area (Å²) < 4.78 is 69.0. The number of carbonyl (C=O) groups is 4. The number of unbranched alkanes of at least 4 members (excludes halogenated alkanes) is 62. The second kappa shape index (κ2) is 83.5. The Hall–Kier alpha value is -1.94. The van der Waals surface area contributed by atoms with Crippen LogP contribution in [0.2, 0.25) is 0 Å². The summed E-state index contributed by atoms with van der Waals surface area (Å²) in [5.41, 5.74) is 0. The van der Waals surface area contributed by atoms with Gasteiger partial charge in [0.2, 0.25) is 0 Å². The molecule has 3 N–H and O–H groups in total. The quantitative estimate of drug-likeness (QED) is 0.0222. The summed E-state index contributed by atoms with van der Waals surface area (Å²) in [7, 11) is -9.93. The number of hydrogen-bond donors (Lipinski definition) is 3. The fourth-order valence-electron chi connectivity index (χ4n) is 14.3. The molecule has 0 aromatic heterocycles. The molecule has 0 aliphatic rings. The number of esters is 4. The van der Waals surface area contributed by atoms with Crippen molar-refractivity contribution in [3.05, 3.63) is 0 Å². The molecule has 0 heterocycles. The van der Waals surface area contributed by atoms with E-state index in [1.54, 1.807) is 0 Å². The largest absolute Gasteiger partial charge is 0.472 e. The second-order valence-corrected chi connectivity index (χ2v) is 35.8. The number of phosphoric ester groups is 2. The third-order valence-corrected chi connectivity index (χ3v) is 23.8. The topological polar surface area (TPSA) is 237 Å². The standard InChI is InChI=1S/C91H178O17P2/c1-6-10-13-16-19-22-25-28-30-31-32-33-34-35-39-42-46-50-55-60-65-70-75-89(94)102-81-87(108-91(96)77-72-67-62-57-52-47-43-40-37-36-38-41-44-48-53-58-63-68-73-84(5)9-4)83-106-110(99,100)104-79-85(92)78-103-109(97,98)105-82-86(80-101-88(93)74-69-64-59-54-49-27-24-21-18-15-12-8-3)107-90(95)76-71-66-61-56-51-45-29-26-23-20-17-14-11-7-2/h84-87,92H,6-83H2,1-5H3,(H,97,98)(H,99,100)/t84?,85-,86+,87+/m0/s1. The van der Waals surface area contributed by atoms with E-state index in [1.807, 2.05) is 0 Å². The predicted molar refractivity (Wildman–Crippen MR) is 455 cm³/mol. The molecule has 0 fully saturated rings. The number of hydrogen-bond acceptors (Lipinski definition) is 15. The van der Waals surface area contributed by atoms with E-state index in [1.165, 1.54) is 321 Å². The van der Waals surface area contributed by atoms with Gasteiger partial charge in [0.1, 0.15) is 19.3 Å². The van der Waals surface area contributed by atoms with Crippen LogP contribution in [0.1, 0.15) is 497 Å². The number of rotatable bonds is 91. The van der Waals surface area contributed by atoms with Crippen LogP contribution in [0.25, 0.3) is 0 Å². The van der Waals surface area contributed by atoms with Gasteiger partial charge in [-0.05, 0) is 31.6 Å². The zero-order valence-corrected chi connectivity index (χ0v) is 74.2. The molecular weight excluding hydrogens is 1430 g/mol. The van der Waals surface area contributed by atoms with Crippen molar-refractivity contribution in [2.24, 2.45) is 5.92 Å². The van der Waals surface area contributed by atoms with Crippen molar-refractivity contribution < 1.29 is 80.2 Å². The van der Waals surface area contributed by atoms with Crippen LogP contribution in [0.4, 0.5) is 0 Å². The van der Waals surface area contributed by atoms with Crippen LogP contribution in [-0.4, -0.2) is 96.7 Å². The molecule has 19 heteroatoms. The highest BCUT2D eigenvalue weighted by Crippen LogP contribution is 2.45. The maximum absolute atomic E-state index is 13.2. The third-order valence-electron chi connectivity index (χ3n) is 21.9. The Labute approximate surface area is 677 Å². The first kappa shape index (κ1) is 108. The fourth-order valence-corrected chi connectivity index (χ4v) is 15.9. The predicted octanol–water partition coefficient (Wildman–Crippen LogP) is 28.3. The molecule has 0 spiro atoms. The molecule has 0 aliphatic heterocycles. The Morgan fingerprint density at radius 3 is 0.645 bits per heavy atom. The van der Waals surface area contributed by atoms with Crippen LogP contribution in [-0.2, 0) is 65.4 Å². The molecule has 0 aromatic rings. The minimum atomic E-state index is -4.97. The first-order chi connectivity index (χ1) is 53.6. The average Bonchev–Trinajstić information content (AvgIpc) is 0.898. The monoisotopic (exact) mass is 1610 g/mol. The zero-order valence-electron chi connectivity index (χ0n) is 72.4. The van der Waals surface area contributed by atoms with Crippen molar-refractivity contribution in [3.63, 3.8) is 0 Å². The van der Waals surface area contributed by atoms with Gasteiger partial charge in [-0.2, -0.15) is 0 Å². The van der Waals surface area contributed by atoms with Gasteiger partial charge in [0.05, 0.1) is 26.4 Å². The van der Waals surface area contributed by atoms with Crippen LogP contribution < -0.4 is 0 Å². The van der Waals surface area contributed by atoms with Gasteiger partial charge in [0, 0.05) is 25.7 Å². The number of carbonyl (C=O) groups excluding carboxylic acids is 4. The molecule has 17 nitrogen and oxygen atoms in total. The SMILES string of the molecule is CCCCCCCCCCCCCCCCCCCCCCCCC(=O)OC[C@H](COP(=O)(O)OC[C@@H](O)COP(=O)(O)OC[C@@H](COC(=O)CCCCCCCCCCCCCC)OC(=O)CCCCCCCCCCCCCCCC)OC(=O)CCCCCCCCCCCCCCCCCCCCC(C)CC. The molecule has 0 rings (SSSR count). The first-order valence-electron chi connectivity index (χ1n) is 47.2. The molecule has 0 amide bonds. The number of ether oxygens (including phenoxy) is 4. The molecule has 0 aliphatic carbocycles. The first-order valence-corrected chi connectivity index (χ1v) is 50.2. The third kappa shape index (κ3) is 82.6. The average molecular weight is 1610 g/mol. The van der Waals surface area contributed by atoms with Crippen molar-refractivity contribution in [1.82, 2.24) is 0 Å². The van der Waals surface area contributed by atoms with E-state index in [0.29, 0.717) is 25.7 Å². The lowest BCUT2D eigenvalue weighted by Crippen LogP contribution is -2.30. The molecule has 0 radical (unpaired) electrons. The van der Waals surface area contributed by atoms with Gasteiger partial charge in [0.15, 0.2) is 12.2 Å². The molecule has 0 aromatic carbocycles. The van der Waals surface area contributed by atoms with Gasteiger partial charge >= 0.3 is 39.5 Å². The van der Waals surface area contributed by atoms with Crippen molar-refractivity contribution >= 4 is 39.5 Å². The summed E-state index contributed by atoms with van der Waals surface area (Å²) in [5, 5.41) is 10.7. The minimum absolute atomic E-state index is 0.109. The van der Waals surface area contributed by atoms with E-state index >= 15 is 0 Å². The van der Waals surface area contributed by atoms with Crippen LogP contribution in [0.15, 0.2) is 0 Å². The second-order valence-electron chi connectivity index (χ2n) is 32.9. The highest BCUT2D eigenvalue weighted by Gasteiger charge is 2.31. The molecule has 0 bridgehead atoms. The van der Waals surface area contributed by atoms with Gasteiger partial charge in [-0.3, -0.25) is 37.3 Å². The molecule has 0 saturated carbocycles.